The molecular formula is C19H32O6. The molecule has 4 atom stereocenters. The van der Waals surface area contributed by atoms with Crippen molar-refractivity contribution in [2.45, 2.75) is 77.9 Å². The Labute approximate surface area is 150 Å². The summed E-state index contributed by atoms with van der Waals surface area (Å²) in [5.74, 6) is -0.0263. The van der Waals surface area contributed by atoms with Gasteiger partial charge in [0.1, 0.15) is 0 Å². The monoisotopic (exact) mass is 356 g/mol. The molecule has 0 aliphatic heterocycles. The minimum atomic E-state index is -0.930. The smallest absolute Gasteiger partial charge is 0.434 e. The number of rotatable bonds is 10. The molecule has 1 aliphatic rings. The molecule has 6 nitrogen and oxygen atoms in total. The molecular weight excluding hydrogens is 324 g/mol. The second-order valence-electron chi connectivity index (χ2n) is 6.61. The fraction of sp³-hybridized carbons (Fsp3) is 0.789. The highest BCUT2D eigenvalue weighted by molar-refractivity contribution is 5.81. The van der Waals surface area contributed by atoms with E-state index in [0.717, 1.165) is 38.5 Å². The van der Waals surface area contributed by atoms with Crippen LogP contribution in [0.25, 0.3) is 0 Å². The number of allylic oxidation sites excluding steroid dienone is 1. The van der Waals surface area contributed by atoms with Crippen LogP contribution in [0.15, 0.2) is 12.7 Å². The van der Waals surface area contributed by atoms with Crippen molar-refractivity contribution < 1.29 is 28.8 Å². The Kier molecular flexibility index (Phi) is 10.4. The molecule has 144 valence electrons. The maximum Gasteiger partial charge on any atom is 0.516 e. The van der Waals surface area contributed by atoms with Gasteiger partial charge in [-0.15, -0.1) is 6.58 Å². The second kappa shape index (κ2) is 12.0. The number of hydrogen-bond acceptors (Lipinski definition) is 6. The van der Waals surface area contributed by atoms with Crippen LogP contribution in [0, 0.1) is 11.8 Å². The molecule has 0 heterocycles. The predicted octanol–water partition coefficient (Wildman–Crippen LogP) is 4.57. The number of hydrogen-bond donors (Lipinski definition) is 0. The van der Waals surface area contributed by atoms with Gasteiger partial charge < -0.3 is 9.47 Å². The molecule has 0 aromatic rings. The van der Waals surface area contributed by atoms with E-state index in [1.54, 1.807) is 6.92 Å². The van der Waals surface area contributed by atoms with E-state index in [4.69, 9.17) is 9.78 Å². The maximum atomic E-state index is 11.8. The van der Waals surface area contributed by atoms with Crippen LogP contribution in [0.3, 0.4) is 0 Å². The van der Waals surface area contributed by atoms with Crippen LogP contribution in [0.2, 0.25) is 0 Å². The first-order valence-electron chi connectivity index (χ1n) is 9.30. The van der Waals surface area contributed by atoms with Gasteiger partial charge in [-0.3, -0.25) is 4.79 Å². The largest absolute Gasteiger partial charge is 0.516 e. The van der Waals surface area contributed by atoms with Crippen LogP contribution in [0.1, 0.15) is 65.7 Å². The van der Waals surface area contributed by atoms with Crippen molar-refractivity contribution >= 4 is 12.1 Å². The summed E-state index contributed by atoms with van der Waals surface area (Å²) in [6.07, 6.45) is 6.55. The average Bonchev–Trinajstić information content (AvgIpc) is 2.57. The van der Waals surface area contributed by atoms with Gasteiger partial charge in [-0.1, -0.05) is 25.8 Å². The number of carbonyl (C=O) groups excluding carboxylic acids is 2. The molecule has 1 saturated carbocycles. The summed E-state index contributed by atoms with van der Waals surface area (Å²) < 4.78 is 9.23. The van der Waals surface area contributed by atoms with Crippen LogP contribution >= 0.6 is 0 Å². The lowest BCUT2D eigenvalue weighted by molar-refractivity contribution is -0.360. The summed E-state index contributed by atoms with van der Waals surface area (Å²) in [5.41, 5.74) is 0. The normalized spacial score (nSPS) is 22.7. The highest BCUT2D eigenvalue weighted by Gasteiger charge is 2.27. The van der Waals surface area contributed by atoms with E-state index in [9.17, 15) is 9.59 Å². The number of ether oxygens (including phenoxy) is 2. The van der Waals surface area contributed by atoms with Gasteiger partial charge in [0.15, 0.2) is 0 Å². The van der Waals surface area contributed by atoms with Crippen LogP contribution < -0.4 is 0 Å². The van der Waals surface area contributed by atoms with E-state index in [-0.39, 0.29) is 31.2 Å². The third kappa shape index (κ3) is 8.50. The van der Waals surface area contributed by atoms with Gasteiger partial charge >= 0.3 is 12.1 Å². The molecule has 1 aliphatic carbocycles. The third-order valence-electron chi connectivity index (χ3n) is 4.65. The van der Waals surface area contributed by atoms with Crippen molar-refractivity contribution in [3.05, 3.63) is 12.7 Å². The first-order valence-corrected chi connectivity index (χ1v) is 9.30. The Morgan fingerprint density at radius 3 is 2.68 bits per heavy atom. The van der Waals surface area contributed by atoms with E-state index in [1.165, 1.54) is 0 Å². The molecule has 0 bridgehead atoms. The topological polar surface area (TPSA) is 71.1 Å². The molecule has 1 unspecified atom stereocenters. The molecule has 0 amide bonds. The zero-order chi connectivity index (χ0) is 18.7. The first kappa shape index (κ1) is 21.6. The zero-order valence-corrected chi connectivity index (χ0v) is 15.7. The van der Waals surface area contributed by atoms with Gasteiger partial charge in [-0.25, -0.2) is 14.6 Å². The molecule has 1 fully saturated rings. The fourth-order valence-corrected chi connectivity index (χ4v) is 3.18. The highest BCUT2D eigenvalue weighted by Crippen LogP contribution is 2.30. The van der Waals surface area contributed by atoms with E-state index in [1.807, 2.05) is 13.0 Å². The maximum absolute atomic E-state index is 11.8. The van der Waals surface area contributed by atoms with Crippen molar-refractivity contribution in [2.24, 2.45) is 11.8 Å². The van der Waals surface area contributed by atoms with Gasteiger partial charge in [0.05, 0.1) is 18.8 Å². The third-order valence-corrected chi connectivity index (χ3v) is 4.65. The van der Waals surface area contributed by atoms with Crippen LogP contribution in [0.5, 0.6) is 0 Å². The molecule has 25 heavy (non-hydrogen) atoms. The Bertz CT molecular complexity index is 422. The quantitative estimate of drug-likeness (QED) is 0.188. The minimum Gasteiger partial charge on any atom is -0.434 e. The van der Waals surface area contributed by atoms with Crippen molar-refractivity contribution in [2.75, 3.05) is 6.61 Å². The molecule has 6 heteroatoms. The SMILES string of the molecule is C=CCC(CC)[C@@H](C)OO[C@@H]1CCC[C@@H](CC(=O)OC(=O)OCC)C1. The lowest BCUT2D eigenvalue weighted by Crippen LogP contribution is -2.29. The van der Waals surface area contributed by atoms with Gasteiger partial charge in [-0.2, -0.15) is 0 Å². The summed E-state index contributed by atoms with van der Waals surface area (Å²) in [7, 11) is 0. The number of esters is 1. The molecule has 0 aromatic carbocycles. The van der Waals surface area contributed by atoms with E-state index >= 15 is 0 Å². The van der Waals surface area contributed by atoms with E-state index in [2.05, 4.69) is 23.0 Å². The van der Waals surface area contributed by atoms with Crippen LogP contribution in [-0.4, -0.2) is 30.9 Å². The minimum absolute atomic E-state index is 0.00263. The van der Waals surface area contributed by atoms with E-state index < -0.39 is 12.1 Å². The molecule has 1 rings (SSSR count). The Morgan fingerprint density at radius 2 is 2.04 bits per heavy atom. The fourth-order valence-electron chi connectivity index (χ4n) is 3.18. The standard InChI is InChI=1S/C19H32O6/c1-5-9-16(6-2)14(4)24-25-17-11-8-10-15(12-17)13-18(20)23-19(21)22-7-3/h5,14-17H,1,6-13H2,2-4H3/t14-,15-,16?,17-/m1/s1. The molecule has 0 aromatic heterocycles. The van der Waals surface area contributed by atoms with Crippen molar-refractivity contribution in [1.29, 1.82) is 0 Å². The van der Waals surface area contributed by atoms with Crippen molar-refractivity contribution in [3.8, 4) is 0 Å². The zero-order valence-electron chi connectivity index (χ0n) is 15.7. The molecule has 0 spiro atoms. The summed E-state index contributed by atoms with van der Waals surface area (Å²) >= 11 is 0. The Hall–Kier alpha value is -1.40. The second-order valence-corrected chi connectivity index (χ2v) is 6.61. The summed E-state index contributed by atoms with van der Waals surface area (Å²) in [6.45, 7) is 9.76. The Balaban J connectivity index is 2.35. The summed E-state index contributed by atoms with van der Waals surface area (Å²) in [6, 6.07) is 0. The van der Waals surface area contributed by atoms with Crippen molar-refractivity contribution in [1.82, 2.24) is 0 Å². The molecule has 0 radical (unpaired) electrons. The van der Waals surface area contributed by atoms with E-state index in [0.29, 0.717) is 5.92 Å². The lowest BCUT2D eigenvalue weighted by atomic mass is 9.85. The van der Waals surface area contributed by atoms with Crippen LogP contribution in [-0.2, 0) is 24.0 Å². The van der Waals surface area contributed by atoms with Gasteiger partial charge in [0.25, 0.3) is 0 Å². The molecule has 0 N–H and O–H groups in total. The van der Waals surface area contributed by atoms with Gasteiger partial charge in [0.2, 0.25) is 0 Å². The van der Waals surface area contributed by atoms with Gasteiger partial charge in [-0.05, 0) is 51.4 Å². The number of carbonyl (C=O) groups is 2. The lowest BCUT2D eigenvalue weighted by Gasteiger charge is -2.29. The Morgan fingerprint density at radius 1 is 1.28 bits per heavy atom. The predicted molar refractivity (Wildman–Crippen MR) is 93.7 cm³/mol. The highest BCUT2D eigenvalue weighted by atomic mass is 17.2. The van der Waals surface area contributed by atoms with Crippen molar-refractivity contribution in [3.63, 3.8) is 0 Å². The first-order chi connectivity index (χ1) is 12.0. The summed E-state index contributed by atoms with van der Waals surface area (Å²) in [5, 5.41) is 0. The van der Waals surface area contributed by atoms with Crippen LogP contribution in [0.4, 0.5) is 4.79 Å². The molecule has 0 saturated heterocycles. The van der Waals surface area contributed by atoms with Gasteiger partial charge in [0, 0.05) is 6.42 Å². The summed E-state index contributed by atoms with van der Waals surface area (Å²) in [4.78, 5) is 34.2. The average molecular weight is 356 g/mol.